The van der Waals surface area contributed by atoms with Crippen LogP contribution in [0.4, 0.5) is 22.0 Å². The molecule has 7 nitrogen and oxygen atoms in total. The van der Waals surface area contributed by atoms with Gasteiger partial charge in [-0.3, -0.25) is 14.1 Å². The normalized spacial score (nSPS) is 28.4. The Labute approximate surface area is 138 Å². The van der Waals surface area contributed by atoms with Crippen LogP contribution in [-0.4, -0.2) is 48.5 Å². The van der Waals surface area contributed by atoms with Gasteiger partial charge in [0.05, 0.1) is 6.42 Å². The first-order valence-corrected chi connectivity index (χ1v) is 8.46. The fourth-order valence-electron chi connectivity index (χ4n) is 3.03. The van der Waals surface area contributed by atoms with Gasteiger partial charge in [0, 0.05) is 12.3 Å². The third-order valence-corrected chi connectivity index (χ3v) is 4.99. The van der Waals surface area contributed by atoms with Crippen molar-refractivity contribution in [3.05, 3.63) is 0 Å². The van der Waals surface area contributed by atoms with Crippen LogP contribution < -0.4 is 0 Å². The summed E-state index contributed by atoms with van der Waals surface area (Å²) in [5.74, 6) is -2.88. The Morgan fingerprint density at radius 1 is 1.28 bits per heavy atom. The van der Waals surface area contributed by atoms with Gasteiger partial charge in [-0.2, -0.15) is 30.4 Å². The van der Waals surface area contributed by atoms with Gasteiger partial charge < -0.3 is 9.47 Å². The Morgan fingerprint density at radius 2 is 1.88 bits per heavy atom. The van der Waals surface area contributed by atoms with Crippen molar-refractivity contribution < 1.29 is 54.0 Å². The molecule has 2 fully saturated rings. The summed E-state index contributed by atoms with van der Waals surface area (Å²) >= 11 is 0. The Morgan fingerprint density at radius 3 is 2.36 bits per heavy atom. The third kappa shape index (κ3) is 4.19. The summed E-state index contributed by atoms with van der Waals surface area (Å²) in [6, 6.07) is 0. The summed E-state index contributed by atoms with van der Waals surface area (Å²) in [6.07, 6.45) is -10.9. The molecule has 0 aromatic heterocycles. The zero-order valence-electron chi connectivity index (χ0n) is 12.3. The molecule has 0 radical (unpaired) electrons. The molecule has 0 spiro atoms. The lowest BCUT2D eigenvalue weighted by Crippen LogP contribution is -2.52. The molecule has 25 heavy (non-hydrogen) atoms. The van der Waals surface area contributed by atoms with Crippen molar-refractivity contribution in [2.75, 3.05) is 0 Å². The molecule has 4 unspecified atom stereocenters. The minimum absolute atomic E-state index is 0.0994. The average molecular weight is 396 g/mol. The molecular formula is C12H13F5O7S. The molecule has 0 aromatic carbocycles. The van der Waals surface area contributed by atoms with Crippen LogP contribution in [0.2, 0.25) is 0 Å². The van der Waals surface area contributed by atoms with Gasteiger partial charge in [-0.15, -0.1) is 0 Å². The first-order chi connectivity index (χ1) is 11.2. The van der Waals surface area contributed by atoms with E-state index in [0.29, 0.717) is 0 Å². The number of hydrogen-bond acceptors (Lipinski definition) is 6. The maximum atomic E-state index is 13.3. The highest BCUT2D eigenvalue weighted by Gasteiger charge is 2.66. The van der Waals surface area contributed by atoms with Crippen LogP contribution in [-0.2, 0) is 29.2 Å². The summed E-state index contributed by atoms with van der Waals surface area (Å²) in [5.41, 5.74) is 0. The molecule has 0 aromatic rings. The molecule has 1 saturated carbocycles. The van der Waals surface area contributed by atoms with Gasteiger partial charge in [0.25, 0.3) is 6.10 Å². The van der Waals surface area contributed by atoms with Crippen molar-refractivity contribution >= 4 is 22.1 Å². The third-order valence-electron chi connectivity index (χ3n) is 4.09. The van der Waals surface area contributed by atoms with Crippen molar-refractivity contribution in [2.45, 2.75) is 49.3 Å². The van der Waals surface area contributed by atoms with E-state index in [1.165, 1.54) is 0 Å². The standard InChI is InChI=1S/C12H13F5O7S/c13-11(14,15)10(12(16,17)25(20,21)22)24-8(18)3-5-1-6-4-9(19)23-7(6)2-5/h5-7,10H,1-4H2,(H,20,21,22). The van der Waals surface area contributed by atoms with Gasteiger partial charge in [-0.1, -0.05) is 0 Å². The van der Waals surface area contributed by atoms with Gasteiger partial charge in [0.2, 0.25) is 0 Å². The van der Waals surface area contributed by atoms with E-state index < -0.39 is 58.0 Å². The maximum Gasteiger partial charge on any atom is 0.432 e. The van der Waals surface area contributed by atoms with Gasteiger partial charge in [-0.05, 0) is 18.8 Å². The predicted octanol–water partition coefficient (Wildman–Crippen LogP) is 1.67. The Hall–Kier alpha value is -1.50. The summed E-state index contributed by atoms with van der Waals surface area (Å²) in [4.78, 5) is 22.6. The van der Waals surface area contributed by atoms with E-state index in [9.17, 15) is 40.0 Å². The topological polar surface area (TPSA) is 107 Å². The Kier molecular flexibility index (Phi) is 5.03. The molecule has 2 rings (SSSR count). The molecule has 0 amide bonds. The van der Waals surface area contributed by atoms with E-state index in [4.69, 9.17) is 9.29 Å². The number of rotatable bonds is 5. The number of alkyl halides is 5. The number of halogens is 5. The summed E-state index contributed by atoms with van der Waals surface area (Å²) in [7, 11) is -6.46. The number of carbonyl (C=O) groups excluding carboxylic acids is 2. The number of carbonyl (C=O) groups is 2. The van der Waals surface area contributed by atoms with E-state index in [0.717, 1.165) is 0 Å². The largest absolute Gasteiger partial charge is 0.462 e. The quantitative estimate of drug-likeness (QED) is 0.428. The number of esters is 2. The van der Waals surface area contributed by atoms with Crippen molar-refractivity contribution in [3.8, 4) is 0 Å². The van der Waals surface area contributed by atoms with Crippen LogP contribution in [0.15, 0.2) is 0 Å². The average Bonchev–Trinajstić information content (AvgIpc) is 2.89. The van der Waals surface area contributed by atoms with Crippen LogP contribution in [0.25, 0.3) is 0 Å². The fraction of sp³-hybridized carbons (Fsp3) is 0.833. The monoisotopic (exact) mass is 396 g/mol. The van der Waals surface area contributed by atoms with Crippen LogP contribution in [0.1, 0.15) is 25.7 Å². The molecule has 13 heteroatoms. The van der Waals surface area contributed by atoms with Crippen LogP contribution in [0.5, 0.6) is 0 Å². The first-order valence-electron chi connectivity index (χ1n) is 7.02. The molecular weight excluding hydrogens is 383 g/mol. The molecule has 0 bridgehead atoms. The molecule has 2 aliphatic rings. The maximum absolute atomic E-state index is 13.3. The molecule has 1 aliphatic heterocycles. The lowest BCUT2D eigenvalue weighted by molar-refractivity contribution is -0.259. The number of hydrogen-bond donors (Lipinski definition) is 1. The Bertz CT molecular complexity index is 643. The van der Waals surface area contributed by atoms with E-state index in [1.807, 2.05) is 0 Å². The molecule has 4 atom stereocenters. The first kappa shape index (κ1) is 19.8. The van der Waals surface area contributed by atoms with Gasteiger partial charge >= 0.3 is 33.5 Å². The van der Waals surface area contributed by atoms with Crippen molar-refractivity contribution in [1.82, 2.24) is 0 Å². The van der Waals surface area contributed by atoms with Crippen LogP contribution in [0.3, 0.4) is 0 Å². The van der Waals surface area contributed by atoms with E-state index in [2.05, 4.69) is 4.74 Å². The van der Waals surface area contributed by atoms with Crippen molar-refractivity contribution in [1.29, 1.82) is 0 Å². The van der Waals surface area contributed by atoms with Gasteiger partial charge in [0.1, 0.15) is 6.10 Å². The molecule has 1 heterocycles. The zero-order chi connectivity index (χ0) is 19.2. The minimum Gasteiger partial charge on any atom is -0.462 e. The zero-order valence-corrected chi connectivity index (χ0v) is 13.1. The molecule has 144 valence electrons. The SMILES string of the molecule is O=C1CC2CC(CC(=O)OC(C(F)(F)F)C(F)(F)S(=O)(=O)O)CC2O1. The smallest absolute Gasteiger partial charge is 0.432 e. The minimum atomic E-state index is -6.46. The molecule has 1 aliphatic carbocycles. The molecule has 1 N–H and O–H groups in total. The summed E-state index contributed by atoms with van der Waals surface area (Å²) in [5, 5.41) is -5.75. The van der Waals surface area contributed by atoms with E-state index in [-0.39, 0.29) is 25.2 Å². The van der Waals surface area contributed by atoms with Gasteiger partial charge in [-0.25, -0.2) is 0 Å². The predicted molar refractivity (Wildman–Crippen MR) is 67.8 cm³/mol. The van der Waals surface area contributed by atoms with Gasteiger partial charge in [0.15, 0.2) is 0 Å². The second kappa shape index (κ2) is 6.34. The lowest BCUT2D eigenvalue weighted by atomic mass is 10.0. The fourth-order valence-corrected chi connectivity index (χ4v) is 3.48. The van der Waals surface area contributed by atoms with E-state index >= 15 is 0 Å². The van der Waals surface area contributed by atoms with E-state index in [1.54, 1.807) is 0 Å². The summed E-state index contributed by atoms with van der Waals surface area (Å²) < 4.78 is 102. The highest BCUT2D eigenvalue weighted by Crippen LogP contribution is 2.42. The Balaban J connectivity index is 2.03. The number of ether oxygens (including phenoxy) is 2. The van der Waals surface area contributed by atoms with Crippen molar-refractivity contribution in [3.63, 3.8) is 0 Å². The second-order valence-corrected chi connectivity index (χ2v) is 7.48. The lowest BCUT2D eigenvalue weighted by Gasteiger charge is -2.26. The highest BCUT2D eigenvalue weighted by atomic mass is 32.2. The number of fused-ring (bicyclic) bond motifs is 1. The summed E-state index contributed by atoms with van der Waals surface area (Å²) in [6.45, 7) is 0. The molecule has 1 saturated heterocycles. The van der Waals surface area contributed by atoms with Crippen LogP contribution >= 0.6 is 0 Å². The van der Waals surface area contributed by atoms with Crippen LogP contribution in [0, 0.1) is 11.8 Å². The second-order valence-electron chi connectivity index (χ2n) is 5.98. The van der Waals surface area contributed by atoms with Crippen molar-refractivity contribution in [2.24, 2.45) is 11.8 Å². The highest BCUT2D eigenvalue weighted by molar-refractivity contribution is 7.86.